The molecule has 2 aromatic rings. The van der Waals surface area contributed by atoms with Gasteiger partial charge < -0.3 is 25.8 Å². The molecule has 1 aliphatic rings. The van der Waals surface area contributed by atoms with Gasteiger partial charge in [0.25, 0.3) is 0 Å². The quantitative estimate of drug-likeness (QED) is 0.185. The van der Waals surface area contributed by atoms with Gasteiger partial charge in [-0.15, -0.1) is 0 Å². The third-order valence-electron chi connectivity index (χ3n) is 5.55. The van der Waals surface area contributed by atoms with Crippen molar-refractivity contribution in [3.63, 3.8) is 0 Å². The molecule has 9 nitrogen and oxygen atoms in total. The number of rotatable bonds is 10. The average molecular weight is 456 g/mol. The average Bonchev–Trinajstić information content (AvgIpc) is 2.78. The first-order valence-corrected chi connectivity index (χ1v) is 10.4. The summed E-state index contributed by atoms with van der Waals surface area (Å²) in [6.45, 7) is 0.451. The van der Waals surface area contributed by atoms with Crippen LogP contribution in [0.15, 0.2) is 48.5 Å². The fraction of sp³-hybridized carbons (Fsp3) is 0.304. The summed E-state index contributed by atoms with van der Waals surface area (Å²) >= 11 is 0. The summed E-state index contributed by atoms with van der Waals surface area (Å²) in [7, 11) is 0. The van der Waals surface area contributed by atoms with E-state index in [0.29, 0.717) is 23.3 Å². The summed E-state index contributed by atoms with van der Waals surface area (Å²) in [5, 5.41) is 19.6. The second-order valence-electron chi connectivity index (χ2n) is 7.72. The van der Waals surface area contributed by atoms with Crippen LogP contribution in [0.3, 0.4) is 0 Å². The maximum atomic E-state index is 14.1. The summed E-state index contributed by atoms with van der Waals surface area (Å²) in [6.07, 6.45) is -0.0419. The van der Waals surface area contributed by atoms with Gasteiger partial charge in [-0.1, -0.05) is 12.1 Å². The lowest BCUT2D eigenvalue weighted by Crippen LogP contribution is -2.60. The number of carbonyl (C=O) groups is 3. The van der Waals surface area contributed by atoms with Crippen LogP contribution in [0.5, 0.6) is 5.75 Å². The number of amides is 2. The summed E-state index contributed by atoms with van der Waals surface area (Å²) < 4.78 is 19.8. The predicted octanol–water partition coefficient (Wildman–Crippen LogP) is 1.60. The van der Waals surface area contributed by atoms with Crippen molar-refractivity contribution in [2.75, 3.05) is 19.7 Å². The van der Waals surface area contributed by atoms with Crippen molar-refractivity contribution < 1.29 is 28.6 Å². The molecule has 0 bridgehead atoms. The fourth-order valence-corrected chi connectivity index (χ4v) is 4.02. The van der Waals surface area contributed by atoms with Gasteiger partial charge in [-0.3, -0.25) is 19.8 Å². The number of aliphatic carboxylic acids is 1. The minimum Gasteiger partial charge on any atom is -0.494 e. The second kappa shape index (κ2) is 10.1. The van der Waals surface area contributed by atoms with Crippen LogP contribution in [0.4, 0.5) is 4.39 Å². The van der Waals surface area contributed by atoms with Gasteiger partial charge >= 0.3 is 17.8 Å². The molecule has 0 aliphatic carbocycles. The Labute approximate surface area is 189 Å². The number of nitrogens with zero attached hydrogens (tertiary/aromatic N) is 1. The third-order valence-corrected chi connectivity index (χ3v) is 5.55. The fourth-order valence-electron chi connectivity index (χ4n) is 4.02. The van der Waals surface area contributed by atoms with Crippen LogP contribution < -0.4 is 15.8 Å². The molecule has 0 radical (unpaired) electrons. The highest BCUT2D eigenvalue weighted by molar-refractivity contribution is 6.35. The molecule has 10 heteroatoms. The van der Waals surface area contributed by atoms with E-state index in [4.69, 9.17) is 15.9 Å². The number of carboxylic acids is 1. The van der Waals surface area contributed by atoms with Crippen LogP contribution in [0.2, 0.25) is 0 Å². The van der Waals surface area contributed by atoms with Gasteiger partial charge in [0, 0.05) is 18.7 Å². The van der Waals surface area contributed by atoms with Gasteiger partial charge in [-0.2, -0.15) is 0 Å². The van der Waals surface area contributed by atoms with Gasteiger partial charge in [0.15, 0.2) is 0 Å². The Morgan fingerprint density at radius 1 is 1.24 bits per heavy atom. The van der Waals surface area contributed by atoms with E-state index in [-0.39, 0.29) is 32.0 Å². The van der Waals surface area contributed by atoms with Crippen molar-refractivity contribution in [2.45, 2.75) is 24.8 Å². The predicted molar refractivity (Wildman–Crippen MR) is 117 cm³/mol. The zero-order valence-electron chi connectivity index (χ0n) is 17.8. The normalized spacial score (nSPS) is 15.5. The van der Waals surface area contributed by atoms with Crippen LogP contribution in [0, 0.1) is 11.2 Å². The van der Waals surface area contributed by atoms with E-state index in [1.807, 2.05) is 0 Å². The molecule has 5 N–H and O–H groups in total. The molecule has 2 aromatic carbocycles. The second-order valence-corrected chi connectivity index (χ2v) is 7.72. The molecule has 0 saturated carbocycles. The minimum absolute atomic E-state index is 0.0645. The van der Waals surface area contributed by atoms with E-state index in [2.05, 4.69) is 5.32 Å². The summed E-state index contributed by atoms with van der Waals surface area (Å²) in [5.74, 6) is -2.97. The molecule has 0 spiro atoms. The van der Waals surface area contributed by atoms with E-state index < -0.39 is 35.6 Å². The summed E-state index contributed by atoms with van der Waals surface area (Å²) in [4.78, 5) is 37.9. The lowest BCUT2D eigenvalue weighted by molar-refractivity contribution is -0.157. The van der Waals surface area contributed by atoms with Crippen molar-refractivity contribution >= 4 is 23.6 Å². The number of halogens is 1. The standard InChI is InChI=1S/C23H25FN4O5/c24-17-4-1-3-16(13-17)23(14-19(29)30,28-11-10-27-21(31)22(28)32)9-2-12-33-18-7-5-15(6-8-18)20(25)26/h1,3-8,13H,2,9-12,14H2,(H3,25,26)(H,27,31)(H,29,30). The number of carbonyl (C=O) groups excluding carboxylic acids is 2. The zero-order chi connectivity index (χ0) is 24.0. The summed E-state index contributed by atoms with van der Waals surface area (Å²) in [6, 6.07) is 12.0. The zero-order valence-corrected chi connectivity index (χ0v) is 17.8. The monoisotopic (exact) mass is 456 g/mol. The maximum Gasteiger partial charge on any atom is 0.312 e. The van der Waals surface area contributed by atoms with Crippen molar-refractivity contribution in [1.29, 1.82) is 5.41 Å². The Balaban J connectivity index is 1.85. The number of carboxylic acid groups (broad SMARTS) is 1. The molecule has 2 amide bonds. The number of piperazine rings is 1. The Morgan fingerprint density at radius 2 is 1.97 bits per heavy atom. The van der Waals surface area contributed by atoms with Crippen LogP contribution in [-0.2, 0) is 19.9 Å². The van der Waals surface area contributed by atoms with Gasteiger partial charge in [0.1, 0.15) is 17.4 Å². The van der Waals surface area contributed by atoms with Crippen LogP contribution in [0.25, 0.3) is 0 Å². The van der Waals surface area contributed by atoms with Gasteiger partial charge in [-0.05, 0) is 54.8 Å². The molecule has 1 heterocycles. The third kappa shape index (κ3) is 5.46. The number of nitrogens with two attached hydrogens (primary N) is 1. The number of ether oxygens (including phenoxy) is 1. The molecule has 1 aliphatic heterocycles. The number of nitrogens with one attached hydrogen (secondary N) is 2. The van der Waals surface area contributed by atoms with Gasteiger partial charge in [0.05, 0.1) is 18.6 Å². The van der Waals surface area contributed by atoms with Crippen molar-refractivity contribution in [3.8, 4) is 5.75 Å². The highest BCUT2D eigenvalue weighted by Crippen LogP contribution is 2.38. The van der Waals surface area contributed by atoms with Gasteiger partial charge in [0.2, 0.25) is 0 Å². The SMILES string of the molecule is N=C(N)c1ccc(OCCCC(CC(=O)O)(c2cccc(F)c2)N2CCNC(=O)C2=O)cc1. The van der Waals surface area contributed by atoms with Crippen molar-refractivity contribution in [3.05, 3.63) is 65.5 Å². The molecular formula is C23H25FN4O5. The van der Waals surface area contributed by atoms with E-state index in [9.17, 15) is 23.9 Å². The first kappa shape index (κ1) is 23.7. The van der Waals surface area contributed by atoms with Crippen molar-refractivity contribution in [1.82, 2.24) is 10.2 Å². The molecule has 0 aromatic heterocycles. The highest BCUT2D eigenvalue weighted by atomic mass is 19.1. The maximum absolute atomic E-state index is 14.1. The Kier molecular flexibility index (Phi) is 7.27. The highest BCUT2D eigenvalue weighted by Gasteiger charge is 2.46. The molecule has 174 valence electrons. The molecule has 33 heavy (non-hydrogen) atoms. The number of benzene rings is 2. The smallest absolute Gasteiger partial charge is 0.312 e. The van der Waals surface area contributed by atoms with Crippen LogP contribution >= 0.6 is 0 Å². The van der Waals surface area contributed by atoms with E-state index in [1.165, 1.54) is 23.1 Å². The Hall–Kier alpha value is -3.95. The Morgan fingerprint density at radius 3 is 2.61 bits per heavy atom. The topological polar surface area (TPSA) is 146 Å². The molecular weight excluding hydrogens is 431 g/mol. The molecule has 1 saturated heterocycles. The number of hydrogen-bond acceptors (Lipinski definition) is 5. The first-order valence-electron chi connectivity index (χ1n) is 10.4. The molecule has 3 rings (SSSR count). The van der Waals surface area contributed by atoms with Crippen molar-refractivity contribution in [2.24, 2.45) is 5.73 Å². The molecule has 1 atom stereocenters. The largest absolute Gasteiger partial charge is 0.494 e. The number of amidine groups is 1. The molecule has 1 fully saturated rings. The Bertz CT molecular complexity index is 1060. The lowest BCUT2D eigenvalue weighted by Gasteiger charge is -2.45. The minimum atomic E-state index is -1.43. The van der Waals surface area contributed by atoms with E-state index in [0.717, 1.165) is 0 Å². The van der Waals surface area contributed by atoms with Crippen LogP contribution in [0.1, 0.15) is 30.4 Å². The lowest BCUT2D eigenvalue weighted by atomic mass is 9.80. The summed E-state index contributed by atoms with van der Waals surface area (Å²) in [5.41, 5.74) is 4.87. The van der Waals surface area contributed by atoms with E-state index >= 15 is 0 Å². The number of nitrogen functional groups attached to an aromatic ring is 1. The number of hydrogen-bond donors (Lipinski definition) is 4. The first-order chi connectivity index (χ1) is 15.7. The van der Waals surface area contributed by atoms with E-state index in [1.54, 1.807) is 30.3 Å². The molecule has 1 unspecified atom stereocenters. The van der Waals surface area contributed by atoms with Gasteiger partial charge in [-0.25, -0.2) is 4.39 Å². The van der Waals surface area contributed by atoms with Crippen LogP contribution in [-0.4, -0.2) is 53.3 Å².